The Morgan fingerprint density at radius 1 is 1.19 bits per heavy atom. The van der Waals surface area contributed by atoms with Crippen molar-refractivity contribution in [1.29, 1.82) is 5.26 Å². The molecular formula is C17H13N3O. The number of nitrogens with zero attached hydrogens (tertiary/aromatic N) is 2. The highest BCUT2D eigenvalue weighted by molar-refractivity contribution is 5.87. The molecule has 3 rings (SSSR count). The molecule has 4 heteroatoms. The van der Waals surface area contributed by atoms with Crippen LogP contribution in [0.1, 0.15) is 11.1 Å². The summed E-state index contributed by atoms with van der Waals surface area (Å²) in [6, 6.07) is 15.2. The fraction of sp³-hybridized carbons (Fsp3) is 0.0588. The lowest BCUT2D eigenvalue weighted by atomic mass is 10.1. The van der Waals surface area contributed by atoms with Crippen molar-refractivity contribution in [3.63, 3.8) is 0 Å². The summed E-state index contributed by atoms with van der Waals surface area (Å²) < 4.78 is 5.91. The molecule has 2 aromatic carbocycles. The summed E-state index contributed by atoms with van der Waals surface area (Å²) in [5.41, 5.74) is 8.74. The predicted octanol–water partition coefficient (Wildman–Crippen LogP) is 3.79. The van der Waals surface area contributed by atoms with E-state index in [1.807, 2.05) is 43.3 Å². The van der Waals surface area contributed by atoms with Gasteiger partial charge in [-0.25, -0.2) is 0 Å². The summed E-state index contributed by atoms with van der Waals surface area (Å²) in [7, 11) is 0. The molecule has 1 heterocycles. The minimum absolute atomic E-state index is 0.383. The minimum atomic E-state index is 0.383. The standard InChI is InChI=1S/C17H13N3O/c1-11-6-7-16(14(19)8-11)21-17-12(9-18)10-20-15-5-3-2-4-13(15)17/h2-8,10H,19H2,1H3. The molecule has 0 bridgehead atoms. The summed E-state index contributed by atoms with van der Waals surface area (Å²) in [6.45, 7) is 1.96. The number of benzene rings is 2. The monoisotopic (exact) mass is 275 g/mol. The Hall–Kier alpha value is -3.06. The number of pyridine rings is 1. The van der Waals surface area contributed by atoms with Crippen LogP contribution in [0.25, 0.3) is 10.9 Å². The SMILES string of the molecule is Cc1ccc(Oc2c(C#N)cnc3ccccc23)c(N)c1. The maximum absolute atomic E-state index is 9.27. The van der Waals surface area contributed by atoms with Crippen molar-refractivity contribution in [3.05, 3.63) is 59.8 Å². The van der Waals surface area contributed by atoms with E-state index in [4.69, 9.17) is 10.5 Å². The van der Waals surface area contributed by atoms with Crippen LogP contribution in [-0.2, 0) is 0 Å². The first kappa shape index (κ1) is 12.9. The van der Waals surface area contributed by atoms with Gasteiger partial charge in [0.2, 0.25) is 0 Å². The molecule has 0 aliphatic heterocycles. The number of anilines is 1. The zero-order valence-electron chi connectivity index (χ0n) is 11.5. The van der Waals surface area contributed by atoms with E-state index in [9.17, 15) is 5.26 Å². The predicted molar refractivity (Wildman–Crippen MR) is 82.1 cm³/mol. The number of aromatic nitrogens is 1. The number of nitrogens with two attached hydrogens (primary N) is 1. The van der Waals surface area contributed by atoms with Crippen LogP contribution in [-0.4, -0.2) is 4.98 Å². The van der Waals surface area contributed by atoms with Gasteiger partial charge in [-0.2, -0.15) is 5.26 Å². The van der Waals surface area contributed by atoms with Gasteiger partial charge in [-0.15, -0.1) is 0 Å². The number of fused-ring (bicyclic) bond motifs is 1. The number of rotatable bonds is 2. The fourth-order valence-corrected chi connectivity index (χ4v) is 2.18. The van der Waals surface area contributed by atoms with Crippen LogP contribution in [0.2, 0.25) is 0 Å². The second-order valence-corrected chi connectivity index (χ2v) is 4.77. The van der Waals surface area contributed by atoms with Crippen LogP contribution >= 0.6 is 0 Å². The van der Waals surface area contributed by atoms with E-state index < -0.39 is 0 Å². The van der Waals surface area contributed by atoms with Crippen LogP contribution < -0.4 is 10.5 Å². The molecule has 0 radical (unpaired) electrons. The largest absolute Gasteiger partial charge is 0.453 e. The van der Waals surface area contributed by atoms with Gasteiger partial charge >= 0.3 is 0 Å². The first-order valence-electron chi connectivity index (χ1n) is 6.51. The maximum atomic E-state index is 9.27. The second-order valence-electron chi connectivity index (χ2n) is 4.77. The first-order chi connectivity index (χ1) is 10.2. The maximum Gasteiger partial charge on any atom is 0.156 e. The van der Waals surface area contributed by atoms with Crippen molar-refractivity contribution in [3.8, 4) is 17.6 Å². The highest BCUT2D eigenvalue weighted by atomic mass is 16.5. The third kappa shape index (κ3) is 2.37. The van der Waals surface area contributed by atoms with Crippen LogP contribution in [0.15, 0.2) is 48.7 Å². The average Bonchev–Trinajstić information content (AvgIpc) is 2.50. The van der Waals surface area contributed by atoms with Gasteiger partial charge in [0.05, 0.1) is 11.2 Å². The van der Waals surface area contributed by atoms with Gasteiger partial charge in [-0.05, 0) is 36.8 Å². The van der Waals surface area contributed by atoms with Crippen LogP contribution in [0.5, 0.6) is 11.5 Å². The molecule has 3 aromatic rings. The number of para-hydroxylation sites is 1. The average molecular weight is 275 g/mol. The number of nitrogen functional groups attached to an aromatic ring is 1. The zero-order chi connectivity index (χ0) is 14.8. The van der Waals surface area contributed by atoms with Gasteiger partial charge in [0.15, 0.2) is 5.75 Å². The van der Waals surface area contributed by atoms with Crippen molar-refractivity contribution >= 4 is 16.6 Å². The third-order valence-corrected chi connectivity index (χ3v) is 3.22. The molecule has 0 aliphatic carbocycles. The van der Waals surface area contributed by atoms with Crippen molar-refractivity contribution in [2.45, 2.75) is 6.92 Å². The summed E-state index contributed by atoms with van der Waals surface area (Å²) in [4.78, 5) is 4.26. The minimum Gasteiger partial charge on any atom is -0.453 e. The topological polar surface area (TPSA) is 71.9 Å². The lowest BCUT2D eigenvalue weighted by Crippen LogP contribution is -1.96. The quantitative estimate of drug-likeness (QED) is 0.722. The summed E-state index contributed by atoms with van der Waals surface area (Å²) in [5, 5.41) is 10.1. The number of hydrogen-bond acceptors (Lipinski definition) is 4. The van der Waals surface area contributed by atoms with Gasteiger partial charge in [0.25, 0.3) is 0 Å². The number of hydrogen-bond donors (Lipinski definition) is 1. The van der Waals surface area contributed by atoms with Gasteiger partial charge in [-0.1, -0.05) is 18.2 Å². The Bertz CT molecular complexity index is 866. The van der Waals surface area contributed by atoms with E-state index in [1.165, 1.54) is 6.20 Å². The molecule has 0 saturated heterocycles. The second kappa shape index (κ2) is 5.14. The Labute approximate surface area is 122 Å². The molecule has 0 atom stereocenters. The molecule has 0 spiro atoms. The van der Waals surface area contributed by atoms with E-state index in [-0.39, 0.29) is 0 Å². The molecule has 0 fully saturated rings. The molecule has 4 nitrogen and oxygen atoms in total. The molecule has 0 saturated carbocycles. The van der Waals surface area contributed by atoms with Crippen LogP contribution in [0, 0.1) is 18.3 Å². The van der Waals surface area contributed by atoms with Crippen LogP contribution in [0.4, 0.5) is 5.69 Å². The molecule has 21 heavy (non-hydrogen) atoms. The first-order valence-corrected chi connectivity index (χ1v) is 6.51. The normalized spacial score (nSPS) is 10.3. The molecule has 2 N–H and O–H groups in total. The Morgan fingerprint density at radius 2 is 2.00 bits per heavy atom. The van der Waals surface area contributed by atoms with Gasteiger partial charge in [-0.3, -0.25) is 4.98 Å². The molecule has 1 aromatic heterocycles. The van der Waals surface area contributed by atoms with E-state index in [0.717, 1.165) is 16.5 Å². The molecule has 0 amide bonds. The van der Waals surface area contributed by atoms with Crippen molar-refractivity contribution in [1.82, 2.24) is 4.98 Å². The van der Waals surface area contributed by atoms with E-state index in [1.54, 1.807) is 6.07 Å². The Balaban J connectivity index is 2.17. The fourth-order valence-electron chi connectivity index (χ4n) is 2.18. The summed E-state index contributed by atoms with van der Waals surface area (Å²) in [5.74, 6) is 1.02. The van der Waals surface area contributed by atoms with Gasteiger partial charge < -0.3 is 10.5 Å². The smallest absolute Gasteiger partial charge is 0.156 e. The molecule has 102 valence electrons. The lowest BCUT2D eigenvalue weighted by molar-refractivity contribution is 0.488. The van der Waals surface area contributed by atoms with E-state index >= 15 is 0 Å². The Morgan fingerprint density at radius 3 is 2.76 bits per heavy atom. The Kier molecular flexibility index (Phi) is 3.17. The van der Waals surface area contributed by atoms with Crippen molar-refractivity contribution in [2.24, 2.45) is 0 Å². The van der Waals surface area contributed by atoms with Gasteiger partial charge in [0, 0.05) is 11.6 Å². The summed E-state index contributed by atoms with van der Waals surface area (Å²) >= 11 is 0. The lowest BCUT2D eigenvalue weighted by Gasteiger charge is -2.12. The van der Waals surface area contributed by atoms with Gasteiger partial charge in [0.1, 0.15) is 17.4 Å². The molecule has 0 aliphatic rings. The zero-order valence-corrected chi connectivity index (χ0v) is 11.5. The van der Waals surface area contributed by atoms with Crippen LogP contribution in [0.3, 0.4) is 0 Å². The van der Waals surface area contributed by atoms with E-state index in [2.05, 4.69) is 11.1 Å². The summed E-state index contributed by atoms with van der Waals surface area (Å²) in [6.07, 6.45) is 1.52. The van der Waals surface area contributed by atoms with Crippen molar-refractivity contribution < 1.29 is 4.74 Å². The van der Waals surface area contributed by atoms with Crippen molar-refractivity contribution in [2.75, 3.05) is 5.73 Å². The third-order valence-electron chi connectivity index (χ3n) is 3.22. The highest BCUT2D eigenvalue weighted by Gasteiger charge is 2.12. The van der Waals surface area contributed by atoms with E-state index in [0.29, 0.717) is 22.7 Å². The number of ether oxygens (including phenoxy) is 1. The number of aryl methyl sites for hydroxylation is 1. The molecule has 0 unspecified atom stereocenters. The highest BCUT2D eigenvalue weighted by Crippen LogP contribution is 2.34. The number of nitriles is 1. The molecular weight excluding hydrogens is 262 g/mol.